The molecule has 0 bridgehead atoms. The highest BCUT2D eigenvalue weighted by atomic mass is 19.4. The molecule has 2 aliphatic heterocycles. The fourth-order valence-corrected chi connectivity index (χ4v) is 6.18. The number of piperidine rings is 1. The Kier molecular flexibility index (Phi) is 8.01. The van der Waals surface area contributed by atoms with Gasteiger partial charge in [-0.1, -0.05) is 48.5 Å². The maximum Gasteiger partial charge on any atom is 0.573 e. The van der Waals surface area contributed by atoms with Crippen LogP contribution in [0.15, 0.2) is 85.1 Å². The summed E-state index contributed by atoms with van der Waals surface area (Å²) >= 11 is 0. The first-order chi connectivity index (χ1) is 21.2. The smallest absolute Gasteiger partial charge is 0.405 e. The van der Waals surface area contributed by atoms with Gasteiger partial charge in [-0.15, -0.1) is 13.2 Å². The zero-order valence-corrected chi connectivity index (χ0v) is 23.9. The molecule has 1 amide bonds. The number of anilines is 1. The number of ether oxygens (including phenoxy) is 1. The number of para-hydroxylation sites is 2. The Morgan fingerprint density at radius 2 is 1.66 bits per heavy atom. The fraction of sp³-hybridized carbons (Fsp3) is 0.303. The summed E-state index contributed by atoms with van der Waals surface area (Å²) in [4.78, 5) is 28.1. The SMILES string of the molecule is N#Cc1ccc(Cc2ncc(CN3CCC4(CC3)C(=O)N(Cc3ccccc3OC(F)(F)F)CN4c3ccccc3)[nH]2)cc1. The lowest BCUT2D eigenvalue weighted by Gasteiger charge is -2.43. The lowest BCUT2D eigenvalue weighted by atomic mass is 9.85. The maximum absolute atomic E-state index is 14.1. The van der Waals surface area contributed by atoms with Crippen LogP contribution in [0.3, 0.4) is 0 Å². The molecule has 8 nitrogen and oxygen atoms in total. The molecule has 0 unspecified atom stereocenters. The van der Waals surface area contributed by atoms with Crippen LogP contribution in [-0.2, 0) is 24.3 Å². The van der Waals surface area contributed by atoms with Crippen LogP contribution < -0.4 is 9.64 Å². The average Bonchev–Trinajstić information content (AvgIpc) is 3.57. The highest BCUT2D eigenvalue weighted by molar-refractivity contribution is 5.93. The van der Waals surface area contributed by atoms with Crippen molar-refractivity contribution >= 4 is 11.6 Å². The molecule has 2 fully saturated rings. The summed E-state index contributed by atoms with van der Waals surface area (Å²) < 4.78 is 43.5. The third-order valence-electron chi connectivity index (χ3n) is 8.35. The Morgan fingerprint density at radius 3 is 2.36 bits per heavy atom. The number of nitrogens with zero attached hydrogens (tertiary/aromatic N) is 5. The number of rotatable bonds is 8. The van der Waals surface area contributed by atoms with E-state index >= 15 is 0 Å². The molecule has 1 spiro atoms. The van der Waals surface area contributed by atoms with E-state index in [1.807, 2.05) is 48.7 Å². The van der Waals surface area contributed by atoms with Crippen LogP contribution in [0.1, 0.15) is 41.1 Å². The third-order valence-corrected chi connectivity index (χ3v) is 8.35. The van der Waals surface area contributed by atoms with E-state index in [4.69, 9.17) is 5.26 Å². The van der Waals surface area contributed by atoms with Gasteiger partial charge in [0.15, 0.2) is 0 Å². The molecule has 0 radical (unpaired) electrons. The number of hydrogen-bond acceptors (Lipinski definition) is 6. The van der Waals surface area contributed by atoms with E-state index in [1.165, 1.54) is 12.1 Å². The molecule has 2 aliphatic rings. The van der Waals surface area contributed by atoms with E-state index in [0.717, 1.165) is 22.8 Å². The van der Waals surface area contributed by atoms with Gasteiger partial charge in [0.2, 0.25) is 5.91 Å². The summed E-state index contributed by atoms with van der Waals surface area (Å²) in [6, 6.07) is 25.2. The number of hydrogen-bond donors (Lipinski definition) is 1. The zero-order valence-electron chi connectivity index (χ0n) is 23.9. The maximum atomic E-state index is 14.1. The van der Waals surface area contributed by atoms with Crippen LogP contribution in [0.25, 0.3) is 0 Å². The number of imidazole rings is 1. The monoisotopic (exact) mass is 600 g/mol. The predicted octanol–water partition coefficient (Wildman–Crippen LogP) is 5.61. The second-order valence-corrected chi connectivity index (χ2v) is 11.2. The van der Waals surface area contributed by atoms with Gasteiger partial charge in [-0.25, -0.2) is 4.98 Å². The minimum Gasteiger partial charge on any atom is -0.405 e. The van der Waals surface area contributed by atoms with Gasteiger partial charge >= 0.3 is 6.36 Å². The van der Waals surface area contributed by atoms with Gasteiger partial charge in [-0.05, 0) is 48.7 Å². The summed E-state index contributed by atoms with van der Waals surface area (Å²) in [6.45, 7) is 2.27. The van der Waals surface area contributed by atoms with E-state index in [2.05, 4.69) is 30.6 Å². The Labute approximate surface area is 253 Å². The zero-order chi connectivity index (χ0) is 30.7. The van der Waals surface area contributed by atoms with Crippen molar-refractivity contribution < 1.29 is 22.7 Å². The molecule has 11 heteroatoms. The molecule has 0 atom stereocenters. The number of halogens is 3. The van der Waals surface area contributed by atoms with Crippen LogP contribution in [0.4, 0.5) is 18.9 Å². The largest absolute Gasteiger partial charge is 0.573 e. The topological polar surface area (TPSA) is 88.5 Å². The van der Waals surface area contributed by atoms with E-state index in [9.17, 15) is 18.0 Å². The molecule has 44 heavy (non-hydrogen) atoms. The molecule has 0 aliphatic carbocycles. The van der Waals surface area contributed by atoms with Crippen molar-refractivity contribution in [3.63, 3.8) is 0 Å². The number of alkyl halides is 3. The minimum absolute atomic E-state index is 0.00997. The Hall–Kier alpha value is -4.82. The van der Waals surface area contributed by atoms with E-state index in [0.29, 0.717) is 50.0 Å². The fourth-order valence-electron chi connectivity index (χ4n) is 6.18. The first-order valence-corrected chi connectivity index (χ1v) is 14.4. The normalized spacial score (nSPS) is 16.8. The highest BCUT2D eigenvalue weighted by Crippen LogP contribution is 2.41. The van der Waals surface area contributed by atoms with Crippen molar-refractivity contribution in [3.05, 3.63) is 113 Å². The number of H-pyrrole nitrogens is 1. The van der Waals surface area contributed by atoms with Crippen molar-refractivity contribution in [3.8, 4) is 11.8 Å². The van der Waals surface area contributed by atoms with Crippen LogP contribution in [0.2, 0.25) is 0 Å². The van der Waals surface area contributed by atoms with Gasteiger partial charge in [0.25, 0.3) is 0 Å². The molecule has 4 aromatic rings. The number of carbonyl (C=O) groups is 1. The van der Waals surface area contributed by atoms with E-state index < -0.39 is 11.9 Å². The Morgan fingerprint density at radius 1 is 0.955 bits per heavy atom. The number of amides is 1. The second-order valence-electron chi connectivity index (χ2n) is 11.2. The number of nitriles is 1. The lowest BCUT2D eigenvalue weighted by molar-refractivity contribution is -0.275. The van der Waals surface area contributed by atoms with E-state index in [-0.39, 0.29) is 24.9 Å². The number of aromatic amines is 1. The van der Waals surface area contributed by atoms with E-state index in [1.54, 1.807) is 29.2 Å². The van der Waals surface area contributed by atoms with Crippen LogP contribution in [0, 0.1) is 11.3 Å². The molecule has 3 heterocycles. The number of aromatic nitrogens is 2. The summed E-state index contributed by atoms with van der Waals surface area (Å²) in [5.41, 5.74) is 3.06. The summed E-state index contributed by atoms with van der Waals surface area (Å²) in [5, 5.41) is 9.01. The van der Waals surface area contributed by atoms with Crippen LogP contribution >= 0.6 is 0 Å². The van der Waals surface area contributed by atoms with Crippen molar-refractivity contribution in [1.82, 2.24) is 19.8 Å². The van der Waals surface area contributed by atoms with Crippen molar-refractivity contribution in [2.75, 3.05) is 24.7 Å². The van der Waals surface area contributed by atoms with Crippen molar-refractivity contribution in [1.29, 1.82) is 5.26 Å². The van der Waals surface area contributed by atoms with Crippen LogP contribution in [-0.4, -0.2) is 57.3 Å². The van der Waals surface area contributed by atoms with Crippen molar-refractivity contribution in [2.24, 2.45) is 0 Å². The quantitative estimate of drug-likeness (QED) is 0.283. The predicted molar refractivity (Wildman–Crippen MR) is 157 cm³/mol. The molecule has 2 saturated heterocycles. The summed E-state index contributed by atoms with van der Waals surface area (Å²) in [6.07, 6.45) is -1.21. The van der Waals surface area contributed by atoms with Crippen molar-refractivity contribution in [2.45, 2.75) is 44.3 Å². The number of carbonyl (C=O) groups excluding carboxylic acids is 1. The third kappa shape index (κ3) is 6.26. The summed E-state index contributed by atoms with van der Waals surface area (Å²) in [7, 11) is 0. The Balaban J connectivity index is 1.15. The lowest BCUT2D eigenvalue weighted by Crippen LogP contribution is -2.56. The molecular formula is C33H31F3N6O2. The second kappa shape index (κ2) is 12.1. The van der Waals surface area contributed by atoms with Crippen LogP contribution in [0.5, 0.6) is 5.75 Å². The van der Waals surface area contributed by atoms with Gasteiger partial charge in [0.1, 0.15) is 17.1 Å². The number of nitrogens with one attached hydrogen (secondary N) is 1. The minimum atomic E-state index is -4.83. The molecule has 226 valence electrons. The molecule has 6 rings (SSSR count). The number of benzene rings is 3. The van der Waals surface area contributed by atoms with Gasteiger partial charge in [-0.2, -0.15) is 5.26 Å². The molecule has 1 N–H and O–H groups in total. The molecule has 1 aromatic heterocycles. The molecular weight excluding hydrogens is 569 g/mol. The average molecular weight is 601 g/mol. The summed E-state index contributed by atoms with van der Waals surface area (Å²) in [5.74, 6) is 0.451. The molecule has 0 saturated carbocycles. The highest BCUT2D eigenvalue weighted by Gasteiger charge is 2.53. The van der Waals surface area contributed by atoms with Gasteiger partial charge < -0.3 is 19.5 Å². The standard InChI is InChI=1S/C33H31F3N6O2/c34-33(35,36)44-29-9-5-4-6-26(29)21-41-23-42(28-7-2-1-3-8-28)32(31(41)43)14-16-40(17-15-32)22-27-20-38-30(39-27)18-24-10-12-25(19-37)13-11-24/h1-13,20H,14-18,21-23H2,(H,38,39). The first-order valence-electron chi connectivity index (χ1n) is 14.4. The Bertz CT molecular complexity index is 1640. The van der Waals surface area contributed by atoms with Gasteiger partial charge in [0, 0.05) is 49.2 Å². The molecule has 3 aromatic carbocycles. The number of likely N-dealkylation sites (tertiary alicyclic amines) is 1. The van der Waals surface area contributed by atoms with Gasteiger partial charge in [0.05, 0.1) is 24.8 Å². The first kappa shape index (κ1) is 29.3. The van der Waals surface area contributed by atoms with Gasteiger partial charge in [-0.3, -0.25) is 9.69 Å².